The van der Waals surface area contributed by atoms with E-state index in [0.29, 0.717) is 23.8 Å². The maximum absolute atomic E-state index is 13.5. The van der Waals surface area contributed by atoms with E-state index in [2.05, 4.69) is 20.4 Å². The average Bonchev–Trinajstić information content (AvgIpc) is 2.71. The van der Waals surface area contributed by atoms with Crippen molar-refractivity contribution in [3.8, 4) is 11.5 Å². The van der Waals surface area contributed by atoms with E-state index in [1.807, 2.05) is 6.92 Å². The summed E-state index contributed by atoms with van der Waals surface area (Å²) >= 11 is 0. The predicted octanol–water partition coefficient (Wildman–Crippen LogP) is 3.80. The zero-order valence-corrected chi connectivity index (χ0v) is 19.0. The van der Waals surface area contributed by atoms with Crippen molar-refractivity contribution in [3.63, 3.8) is 0 Å². The second-order valence-electron chi connectivity index (χ2n) is 5.98. The van der Waals surface area contributed by atoms with Crippen LogP contribution in [0.4, 0.5) is 13.2 Å². The molecule has 2 aromatic carbocycles. The van der Waals surface area contributed by atoms with Crippen LogP contribution in [0.3, 0.4) is 0 Å². The third kappa shape index (κ3) is 7.90. The molecule has 3 N–H and O–H groups in total. The highest BCUT2D eigenvalue weighted by Crippen LogP contribution is 2.25. The number of rotatable bonds is 9. The van der Waals surface area contributed by atoms with Gasteiger partial charge >= 0.3 is 6.61 Å². The Labute approximate surface area is 190 Å². The van der Waals surface area contributed by atoms with E-state index in [9.17, 15) is 13.2 Å². The van der Waals surface area contributed by atoms with Crippen LogP contribution in [0, 0.1) is 5.82 Å². The number of methoxy groups -OCH3 is 1. The van der Waals surface area contributed by atoms with Gasteiger partial charge in [-0.2, -0.15) is 8.78 Å². The van der Waals surface area contributed by atoms with Crippen LogP contribution in [0.25, 0.3) is 0 Å². The smallest absolute Gasteiger partial charge is 0.387 e. The fraction of sp³-hybridized carbons (Fsp3) is 0.350. The van der Waals surface area contributed by atoms with Crippen molar-refractivity contribution >= 4 is 29.9 Å². The van der Waals surface area contributed by atoms with Crippen molar-refractivity contribution in [2.24, 2.45) is 4.99 Å². The van der Waals surface area contributed by atoms with E-state index < -0.39 is 19.0 Å². The number of aliphatic hydroxyl groups excluding tert-OH is 1. The highest BCUT2D eigenvalue weighted by atomic mass is 127. The molecule has 6 nitrogen and oxygen atoms in total. The van der Waals surface area contributed by atoms with Gasteiger partial charge in [0, 0.05) is 24.2 Å². The zero-order valence-electron chi connectivity index (χ0n) is 16.6. The second kappa shape index (κ2) is 13.2. The standard InChI is InChI=1S/C20H24F3N3O3.HI/c1-3-24-20(25-10-13-4-6-17(21)15(8-13)12-27)26-11-14-9-16(28-2)5-7-18(14)29-19(22)23;/h4-9,19,27H,3,10-12H2,1-2H3,(H2,24,25,26);1H. The van der Waals surface area contributed by atoms with Gasteiger partial charge in [0.1, 0.15) is 17.3 Å². The number of nitrogens with one attached hydrogen (secondary N) is 2. The molecular formula is C20H25F3IN3O3. The quantitative estimate of drug-likeness (QED) is 0.257. The molecule has 0 aliphatic rings. The van der Waals surface area contributed by atoms with Crippen LogP contribution < -0.4 is 20.1 Å². The lowest BCUT2D eigenvalue weighted by molar-refractivity contribution is -0.0505. The SMILES string of the molecule is CCNC(=NCc1ccc(F)c(CO)c1)NCc1cc(OC)ccc1OC(F)F.I. The third-order valence-electron chi connectivity index (χ3n) is 3.97. The maximum atomic E-state index is 13.5. The van der Waals surface area contributed by atoms with Gasteiger partial charge in [-0.15, -0.1) is 24.0 Å². The number of aliphatic imine (C=N–C) groups is 1. The molecule has 0 saturated heterocycles. The molecule has 0 fully saturated rings. The number of nitrogens with zero attached hydrogens (tertiary/aromatic N) is 1. The molecule has 0 amide bonds. The number of hydrogen-bond acceptors (Lipinski definition) is 4. The minimum absolute atomic E-state index is 0. The molecule has 2 rings (SSSR count). The lowest BCUT2D eigenvalue weighted by atomic mass is 10.1. The number of alkyl halides is 2. The summed E-state index contributed by atoms with van der Waals surface area (Å²) in [6.45, 7) is -0.476. The molecule has 0 spiro atoms. The molecule has 2 aromatic rings. The second-order valence-corrected chi connectivity index (χ2v) is 5.98. The van der Waals surface area contributed by atoms with Crippen molar-refractivity contribution in [3.05, 3.63) is 58.9 Å². The van der Waals surface area contributed by atoms with Crippen LogP contribution in [-0.2, 0) is 19.7 Å². The number of ether oxygens (including phenoxy) is 2. The zero-order chi connectivity index (χ0) is 21.2. The normalized spacial score (nSPS) is 11.1. The first-order valence-corrected chi connectivity index (χ1v) is 8.98. The van der Waals surface area contributed by atoms with Gasteiger partial charge in [-0.1, -0.05) is 6.07 Å². The van der Waals surface area contributed by atoms with Crippen LogP contribution in [0.5, 0.6) is 11.5 Å². The van der Waals surface area contributed by atoms with Crippen molar-refractivity contribution in [2.75, 3.05) is 13.7 Å². The topological polar surface area (TPSA) is 75.1 Å². The Balaban J connectivity index is 0.00000450. The van der Waals surface area contributed by atoms with Gasteiger partial charge in [-0.3, -0.25) is 0 Å². The van der Waals surface area contributed by atoms with Crippen LogP contribution in [0.1, 0.15) is 23.6 Å². The third-order valence-corrected chi connectivity index (χ3v) is 3.97. The molecule has 0 aliphatic carbocycles. The molecule has 30 heavy (non-hydrogen) atoms. The summed E-state index contributed by atoms with van der Waals surface area (Å²) in [5, 5.41) is 15.3. The largest absolute Gasteiger partial charge is 0.497 e. The summed E-state index contributed by atoms with van der Waals surface area (Å²) in [5.41, 5.74) is 1.39. The van der Waals surface area contributed by atoms with Crippen molar-refractivity contribution in [1.82, 2.24) is 10.6 Å². The Morgan fingerprint density at radius 3 is 2.53 bits per heavy atom. The van der Waals surface area contributed by atoms with Crippen molar-refractivity contribution in [2.45, 2.75) is 33.2 Å². The van der Waals surface area contributed by atoms with Crippen molar-refractivity contribution < 1.29 is 27.8 Å². The van der Waals surface area contributed by atoms with Crippen LogP contribution in [0.15, 0.2) is 41.4 Å². The lowest BCUT2D eigenvalue weighted by Crippen LogP contribution is -2.36. The Bertz CT molecular complexity index is 838. The Hall–Kier alpha value is -2.21. The molecule has 0 aromatic heterocycles. The molecule has 0 heterocycles. The summed E-state index contributed by atoms with van der Waals surface area (Å²) < 4.78 is 48.5. The number of hydrogen-bond donors (Lipinski definition) is 3. The molecule has 10 heteroatoms. The molecule has 0 unspecified atom stereocenters. The van der Waals surface area contributed by atoms with Gasteiger partial charge in [-0.05, 0) is 42.8 Å². The average molecular weight is 539 g/mol. The summed E-state index contributed by atoms with van der Waals surface area (Å²) in [5.74, 6) is 0.506. The van der Waals surface area contributed by atoms with Gasteiger partial charge in [0.05, 0.1) is 20.3 Å². The van der Waals surface area contributed by atoms with E-state index in [1.54, 1.807) is 18.2 Å². The van der Waals surface area contributed by atoms with Crippen LogP contribution >= 0.6 is 24.0 Å². The van der Waals surface area contributed by atoms with E-state index in [1.165, 1.54) is 25.3 Å². The monoisotopic (exact) mass is 539 g/mol. The first kappa shape index (κ1) is 25.8. The summed E-state index contributed by atoms with van der Waals surface area (Å²) in [6, 6.07) is 8.95. The Morgan fingerprint density at radius 2 is 1.90 bits per heavy atom. The first-order valence-electron chi connectivity index (χ1n) is 8.98. The van der Waals surface area contributed by atoms with E-state index in [0.717, 1.165) is 5.56 Å². The van der Waals surface area contributed by atoms with Crippen molar-refractivity contribution in [1.29, 1.82) is 0 Å². The minimum Gasteiger partial charge on any atom is -0.497 e. The molecule has 0 aliphatic heterocycles. The highest BCUT2D eigenvalue weighted by molar-refractivity contribution is 14.0. The van der Waals surface area contributed by atoms with Crippen LogP contribution in [-0.4, -0.2) is 31.3 Å². The van der Waals surface area contributed by atoms with Gasteiger partial charge < -0.3 is 25.2 Å². The minimum atomic E-state index is -2.94. The molecule has 0 radical (unpaired) electrons. The Morgan fingerprint density at radius 1 is 1.13 bits per heavy atom. The molecule has 0 saturated carbocycles. The van der Waals surface area contributed by atoms with E-state index in [4.69, 9.17) is 9.84 Å². The number of halogens is 4. The molecule has 166 valence electrons. The number of guanidine groups is 1. The van der Waals surface area contributed by atoms with Crippen LogP contribution in [0.2, 0.25) is 0 Å². The number of benzene rings is 2. The molecule has 0 bridgehead atoms. The fourth-order valence-electron chi connectivity index (χ4n) is 2.57. The maximum Gasteiger partial charge on any atom is 0.387 e. The molecular weight excluding hydrogens is 514 g/mol. The van der Waals surface area contributed by atoms with Gasteiger partial charge in [0.15, 0.2) is 5.96 Å². The van der Waals surface area contributed by atoms with E-state index >= 15 is 0 Å². The van der Waals surface area contributed by atoms with Gasteiger partial charge in [0.25, 0.3) is 0 Å². The van der Waals surface area contributed by atoms with Gasteiger partial charge in [0.2, 0.25) is 0 Å². The fourth-order valence-corrected chi connectivity index (χ4v) is 2.57. The van der Waals surface area contributed by atoms with E-state index in [-0.39, 0.29) is 48.4 Å². The molecule has 0 atom stereocenters. The first-order chi connectivity index (χ1) is 14.0. The predicted molar refractivity (Wildman–Crippen MR) is 119 cm³/mol. The lowest BCUT2D eigenvalue weighted by Gasteiger charge is -2.15. The van der Waals surface area contributed by atoms with Gasteiger partial charge in [-0.25, -0.2) is 9.38 Å². The summed E-state index contributed by atoms with van der Waals surface area (Å²) in [4.78, 5) is 4.41. The Kier molecular flexibility index (Phi) is 11.3. The highest BCUT2D eigenvalue weighted by Gasteiger charge is 2.12. The number of aliphatic hydroxyl groups is 1. The summed E-state index contributed by atoms with van der Waals surface area (Å²) in [6.07, 6.45) is 0. The summed E-state index contributed by atoms with van der Waals surface area (Å²) in [7, 11) is 1.48.